The minimum absolute atomic E-state index is 0.0970. The van der Waals surface area contributed by atoms with Gasteiger partial charge in [0.15, 0.2) is 0 Å². The molecule has 2 fully saturated rings. The maximum Gasteiger partial charge on any atom is 0.410 e. The molecule has 0 aliphatic carbocycles. The number of rotatable bonds is 4. The van der Waals surface area contributed by atoms with Crippen LogP contribution in [0.5, 0.6) is 0 Å². The van der Waals surface area contributed by atoms with Crippen molar-refractivity contribution >= 4 is 17.7 Å². The lowest BCUT2D eigenvalue weighted by molar-refractivity contribution is 0.0202. The van der Waals surface area contributed by atoms with Gasteiger partial charge in [-0.05, 0) is 78.1 Å². The maximum atomic E-state index is 13.7. The van der Waals surface area contributed by atoms with E-state index < -0.39 is 11.4 Å². The smallest absolute Gasteiger partial charge is 0.410 e. The van der Waals surface area contributed by atoms with Crippen LogP contribution in [0.1, 0.15) is 71.2 Å². The van der Waals surface area contributed by atoms with Gasteiger partial charge in [-0.3, -0.25) is 0 Å². The molecular weight excluding hydrogens is 443 g/mol. The molecule has 3 heterocycles. The van der Waals surface area contributed by atoms with Gasteiger partial charge < -0.3 is 19.5 Å². The lowest BCUT2D eigenvalue weighted by Crippen LogP contribution is -2.41. The molecule has 1 aromatic heterocycles. The predicted octanol–water partition coefficient (Wildman–Crippen LogP) is 5.77. The molecule has 2 atom stereocenters. The molecule has 0 saturated carbocycles. The van der Waals surface area contributed by atoms with Crippen molar-refractivity contribution in [3.8, 4) is 11.3 Å². The van der Waals surface area contributed by atoms with Crippen molar-refractivity contribution in [3.05, 3.63) is 41.1 Å². The molecule has 2 aliphatic heterocycles. The number of halogens is 2. The Morgan fingerprint density at radius 1 is 1.27 bits per heavy atom. The minimum Gasteiger partial charge on any atom is -0.444 e. The zero-order valence-corrected chi connectivity index (χ0v) is 20.7. The normalized spacial score (nSPS) is 20.8. The van der Waals surface area contributed by atoms with Crippen LogP contribution in [0.25, 0.3) is 11.3 Å². The first kappa shape index (κ1) is 24.0. The molecule has 0 bridgehead atoms. The summed E-state index contributed by atoms with van der Waals surface area (Å²) in [6.07, 6.45) is 5.77. The Morgan fingerprint density at radius 2 is 2.00 bits per heavy atom. The maximum absolute atomic E-state index is 13.7. The summed E-state index contributed by atoms with van der Waals surface area (Å²) in [5.74, 6) is 0.825. The summed E-state index contributed by atoms with van der Waals surface area (Å²) in [6, 6.07) is 5.38. The largest absolute Gasteiger partial charge is 0.444 e. The highest BCUT2D eigenvalue weighted by atomic mass is 35.5. The fourth-order valence-electron chi connectivity index (χ4n) is 4.79. The van der Waals surface area contributed by atoms with E-state index in [1.165, 1.54) is 12.5 Å². The molecule has 2 aromatic rings. The predicted molar refractivity (Wildman–Crippen MR) is 128 cm³/mol. The first-order valence-corrected chi connectivity index (χ1v) is 12.3. The summed E-state index contributed by atoms with van der Waals surface area (Å²) in [5, 5.41) is 3.70. The third kappa shape index (κ3) is 5.52. The number of piperidine rings is 1. The molecule has 1 N–H and O–H groups in total. The number of imidazole rings is 1. The highest BCUT2D eigenvalue weighted by molar-refractivity contribution is 6.31. The molecular formula is C25H34ClFN4O2. The number of nitrogens with one attached hydrogen (secondary N) is 1. The van der Waals surface area contributed by atoms with Crippen LogP contribution >= 0.6 is 11.6 Å². The Kier molecular flexibility index (Phi) is 7.01. The standard InChI is InChI=1S/C25H34ClFN4O2/c1-16(21-6-5-11-28-21)31-15-22(18-7-8-20(27)19(26)14-18)29-23(31)17-9-12-30(13-10-17)24(32)33-25(2,3)4/h7-8,14-17,21,28H,5-6,9-13H2,1-4H3. The van der Waals surface area contributed by atoms with E-state index >= 15 is 0 Å². The monoisotopic (exact) mass is 476 g/mol. The average Bonchev–Trinajstić information content (AvgIpc) is 3.45. The van der Waals surface area contributed by atoms with E-state index in [-0.39, 0.29) is 23.1 Å². The van der Waals surface area contributed by atoms with E-state index in [2.05, 4.69) is 23.0 Å². The van der Waals surface area contributed by atoms with Gasteiger partial charge in [0.25, 0.3) is 0 Å². The van der Waals surface area contributed by atoms with E-state index in [9.17, 15) is 9.18 Å². The molecule has 2 unspecified atom stereocenters. The Bertz CT molecular complexity index is 989. The molecule has 0 radical (unpaired) electrons. The Hall–Kier alpha value is -2.12. The second-order valence-corrected chi connectivity index (χ2v) is 10.6. The number of carbonyl (C=O) groups is 1. The van der Waals surface area contributed by atoms with Gasteiger partial charge in [0.1, 0.15) is 17.2 Å². The molecule has 0 spiro atoms. The zero-order valence-electron chi connectivity index (χ0n) is 19.9. The van der Waals surface area contributed by atoms with Gasteiger partial charge in [-0.2, -0.15) is 0 Å². The number of nitrogens with zero attached hydrogens (tertiary/aromatic N) is 3. The van der Waals surface area contributed by atoms with Crippen molar-refractivity contribution in [2.24, 2.45) is 0 Å². The van der Waals surface area contributed by atoms with E-state index in [1.807, 2.05) is 20.8 Å². The summed E-state index contributed by atoms with van der Waals surface area (Å²) in [7, 11) is 0. The highest BCUT2D eigenvalue weighted by Crippen LogP contribution is 2.34. The lowest BCUT2D eigenvalue weighted by Gasteiger charge is -2.34. The third-order valence-electron chi connectivity index (χ3n) is 6.61. The van der Waals surface area contributed by atoms with Crippen LogP contribution in [0, 0.1) is 5.82 Å². The van der Waals surface area contributed by atoms with Crippen LogP contribution in [0.2, 0.25) is 5.02 Å². The summed E-state index contributed by atoms with van der Waals surface area (Å²) < 4.78 is 21.5. The second-order valence-electron chi connectivity index (χ2n) is 10.2. The molecule has 4 rings (SSSR count). The van der Waals surface area contributed by atoms with Gasteiger partial charge in [0, 0.05) is 42.9 Å². The molecule has 1 aromatic carbocycles. The van der Waals surface area contributed by atoms with E-state index in [0.717, 1.165) is 42.9 Å². The van der Waals surface area contributed by atoms with Crippen LogP contribution in [-0.2, 0) is 4.74 Å². The number of hydrogen-bond acceptors (Lipinski definition) is 4. The number of likely N-dealkylation sites (tertiary alicyclic amines) is 1. The second kappa shape index (κ2) is 9.63. The van der Waals surface area contributed by atoms with Crippen LogP contribution in [0.15, 0.2) is 24.4 Å². The Labute approximate surface area is 200 Å². The number of benzene rings is 1. The van der Waals surface area contributed by atoms with Gasteiger partial charge >= 0.3 is 6.09 Å². The number of aromatic nitrogens is 2. The van der Waals surface area contributed by atoms with Gasteiger partial charge in [0.05, 0.1) is 10.7 Å². The lowest BCUT2D eigenvalue weighted by atomic mass is 9.95. The van der Waals surface area contributed by atoms with Crippen molar-refractivity contribution in [3.63, 3.8) is 0 Å². The van der Waals surface area contributed by atoms with E-state index in [4.69, 9.17) is 21.3 Å². The fraction of sp³-hybridized carbons (Fsp3) is 0.600. The summed E-state index contributed by atoms with van der Waals surface area (Å²) >= 11 is 6.05. The number of amides is 1. The molecule has 2 aliphatic rings. The van der Waals surface area contributed by atoms with Gasteiger partial charge in [-0.25, -0.2) is 14.2 Å². The highest BCUT2D eigenvalue weighted by Gasteiger charge is 2.32. The van der Waals surface area contributed by atoms with Gasteiger partial charge in [-0.1, -0.05) is 11.6 Å². The van der Waals surface area contributed by atoms with Crippen LogP contribution in [0.4, 0.5) is 9.18 Å². The number of ether oxygens (including phenoxy) is 1. The first-order valence-electron chi connectivity index (χ1n) is 11.9. The van der Waals surface area contributed by atoms with Crippen molar-refractivity contribution < 1.29 is 13.9 Å². The molecule has 6 nitrogen and oxygen atoms in total. The number of carbonyl (C=O) groups excluding carboxylic acids is 1. The number of hydrogen-bond donors (Lipinski definition) is 1. The molecule has 33 heavy (non-hydrogen) atoms. The fourth-order valence-corrected chi connectivity index (χ4v) is 4.98. The average molecular weight is 477 g/mol. The summed E-state index contributed by atoms with van der Waals surface area (Å²) in [6.45, 7) is 10.2. The molecule has 8 heteroatoms. The van der Waals surface area contributed by atoms with Crippen LogP contribution < -0.4 is 5.32 Å². The van der Waals surface area contributed by atoms with E-state index in [1.54, 1.807) is 17.0 Å². The molecule has 1 amide bonds. The zero-order chi connectivity index (χ0) is 23.8. The topological polar surface area (TPSA) is 59.4 Å². The van der Waals surface area contributed by atoms with Crippen molar-refractivity contribution in [2.45, 2.75) is 77.0 Å². The summed E-state index contributed by atoms with van der Waals surface area (Å²) in [4.78, 5) is 19.3. The Balaban J connectivity index is 1.58. The van der Waals surface area contributed by atoms with Crippen LogP contribution in [0.3, 0.4) is 0 Å². The third-order valence-corrected chi connectivity index (χ3v) is 6.90. The van der Waals surface area contributed by atoms with Crippen molar-refractivity contribution in [1.29, 1.82) is 0 Å². The van der Waals surface area contributed by atoms with Crippen molar-refractivity contribution in [2.75, 3.05) is 19.6 Å². The first-order chi connectivity index (χ1) is 15.6. The molecule has 2 saturated heterocycles. The van der Waals surface area contributed by atoms with Gasteiger partial charge in [0.2, 0.25) is 0 Å². The van der Waals surface area contributed by atoms with Gasteiger partial charge in [-0.15, -0.1) is 0 Å². The summed E-state index contributed by atoms with van der Waals surface area (Å²) in [5.41, 5.74) is 1.10. The quantitative estimate of drug-likeness (QED) is 0.608. The minimum atomic E-state index is -0.501. The Morgan fingerprint density at radius 3 is 2.61 bits per heavy atom. The SMILES string of the molecule is CC(C1CCCN1)n1cc(-c2ccc(F)c(Cl)c2)nc1C1CCN(C(=O)OC(C)(C)C)CC1. The van der Waals surface area contributed by atoms with E-state index in [0.29, 0.717) is 19.1 Å². The van der Waals surface area contributed by atoms with Crippen LogP contribution in [-0.4, -0.2) is 51.8 Å². The molecule has 180 valence electrons. The van der Waals surface area contributed by atoms with Crippen molar-refractivity contribution in [1.82, 2.24) is 19.8 Å².